The van der Waals surface area contributed by atoms with Crippen LogP contribution in [-0.4, -0.2) is 16.1 Å². The van der Waals surface area contributed by atoms with E-state index in [9.17, 15) is 13.2 Å². The number of anilines is 1. The molecule has 0 unspecified atom stereocenters. The van der Waals surface area contributed by atoms with Gasteiger partial charge in [0.1, 0.15) is 0 Å². The number of alkyl halides is 3. The van der Waals surface area contributed by atoms with Crippen LogP contribution in [0.15, 0.2) is 30.6 Å². The fraction of sp³-hybridized carbons (Fsp3) is 0.308. The summed E-state index contributed by atoms with van der Waals surface area (Å²) in [7, 11) is 0. The normalized spacial score (nSPS) is 11.6. The van der Waals surface area contributed by atoms with Crippen molar-refractivity contribution in [1.29, 1.82) is 0 Å². The zero-order chi connectivity index (χ0) is 14.0. The van der Waals surface area contributed by atoms with Crippen molar-refractivity contribution >= 4 is 5.95 Å². The maximum absolute atomic E-state index is 12.7. The topological polar surface area (TPSA) is 29.9 Å². The summed E-state index contributed by atoms with van der Waals surface area (Å²) in [6, 6.07) is 3.69. The molecule has 0 atom stereocenters. The molecular formula is C13H14F3N3. The van der Waals surface area contributed by atoms with Gasteiger partial charge in [-0.15, -0.1) is 0 Å². The fourth-order valence-corrected chi connectivity index (χ4v) is 1.83. The van der Waals surface area contributed by atoms with Crippen molar-refractivity contribution < 1.29 is 13.2 Å². The summed E-state index contributed by atoms with van der Waals surface area (Å²) in [6.45, 7) is 4.32. The van der Waals surface area contributed by atoms with Crippen LogP contribution in [0.4, 0.5) is 19.1 Å². The number of nitrogens with zero attached hydrogens (tertiary/aromatic N) is 2. The largest absolute Gasteiger partial charge is 0.416 e. The Morgan fingerprint density at radius 3 is 2.68 bits per heavy atom. The molecule has 2 rings (SSSR count). The molecule has 102 valence electrons. The summed E-state index contributed by atoms with van der Waals surface area (Å²) >= 11 is 0. The average molecular weight is 269 g/mol. The highest BCUT2D eigenvalue weighted by molar-refractivity contribution is 5.49. The quantitative estimate of drug-likeness (QED) is 0.922. The maximum atomic E-state index is 12.7. The summed E-state index contributed by atoms with van der Waals surface area (Å²) in [4.78, 5) is 4.09. The van der Waals surface area contributed by atoms with E-state index in [1.54, 1.807) is 23.9 Å². The summed E-state index contributed by atoms with van der Waals surface area (Å²) in [5, 5.41) is 3.01. The number of benzene rings is 1. The van der Waals surface area contributed by atoms with Crippen molar-refractivity contribution in [3.05, 3.63) is 41.7 Å². The van der Waals surface area contributed by atoms with E-state index in [4.69, 9.17) is 0 Å². The average Bonchev–Trinajstić information content (AvgIpc) is 2.77. The molecule has 0 aliphatic rings. The molecule has 1 heterocycles. The number of imidazole rings is 1. The molecule has 0 saturated carbocycles. The van der Waals surface area contributed by atoms with Gasteiger partial charge < -0.3 is 5.32 Å². The monoisotopic (exact) mass is 269 g/mol. The van der Waals surface area contributed by atoms with Crippen LogP contribution < -0.4 is 5.32 Å². The second-order valence-electron chi connectivity index (χ2n) is 4.15. The van der Waals surface area contributed by atoms with Crippen molar-refractivity contribution in [2.75, 3.05) is 11.9 Å². The lowest BCUT2D eigenvalue weighted by atomic mass is 10.1. The van der Waals surface area contributed by atoms with Gasteiger partial charge in [0.2, 0.25) is 5.95 Å². The Kier molecular flexibility index (Phi) is 3.50. The Balaban J connectivity index is 2.52. The predicted molar refractivity (Wildman–Crippen MR) is 67.5 cm³/mol. The number of aromatic nitrogens is 2. The molecule has 3 nitrogen and oxygen atoms in total. The van der Waals surface area contributed by atoms with E-state index < -0.39 is 11.7 Å². The summed E-state index contributed by atoms with van der Waals surface area (Å²) < 4.78 is 39.9. The molecule has 1 aromatic carbocycles. The number of halogens is 3. The minimum atomic E-state index is -4.35. The first-order valence-corrected chi connectivity index (χ1v) is 5.89. The molecule has 0 saturated heterocycles. The SMILES string of the molecule is CCNc1nccn1-c1cc(C(F)(F)F)ccc1C. The van der Waals surface area contributed by atoms with Gasteiger partial charge in [0.25, 0.3) is 0 Å². The Morgan fingerprint density at radius 1 is 1.32 bits per heavy atom. The number of hydrogen-bond donors (Lipinski definition) is 1. The van der Waals surface area contributed by atoms with Crippen LogP contribution in [0.25, 0.3) is 5.69 Å². The third-order valence-corrected chi connectivity index (χ3v) is 2.77. The highest BCUT2D eigenvalue weighted by atomic mass is 19.4. The van der Waals surface area contributed by atoms with Crippen LogP contribution in [0, 0.1) is 6.92 Å². The Morgan fingerprint density at radius 2 is 2.05 bits per heavy atom. The molecule has 19 heavy (non-hydrogen) atoms. The van der Waals surface area contributed by atoms with E-state index in [1.807, 2.05) is 6.92 Å². The molecule has 6 heteroatoms. The van der Waals surface area contributed by atoms with Crippen molar-refractivity contribution in [2.24, 2.45) is 0 Å². The number of hydrogen-bond acceptors (Lipinski definition) is 2. The van der Waals surface area contributed by atoms with E-state index in [-0.39, 0.29) is 0 Å². The lowest BCUT2D eigenvalue weighted by molar-refractivity contribution is -0.137. The van der Waals surface area contributed by atoms with Gasteiger partial charge in [0.15, 0.2) is 0 Å². The number of aryl methyl sites for hydroxylation is 1. The van der Waals surface area contributed by atoms with Crippen molar-refractivity contribution in [3.63, 3.8) is 0 Å². The molecule has 1 aromatic heterocycles. The van der Waals surface area contributed by atoms with Crippen LogP contribution in [0.1, 0.15) is 18.1 Å². The number of nitrogens with one attached hydrogen (secondary N) is 1. The summed E-state index contributed by atoms with van der Waals surface area (Å²) in [5.41, 5.74) is 0.567. The predicted octanol–water partition coefficient (Wildman–Crippen LogP) is 3.63. The lowest BCUT2D eigenvalue weighted by Gasteiger charge is -2.14. The van der Waals surface area contributed by atoms with E-state index in [2.05, 4.69) is 10.3 Å². The Hall–Kier alpha value is -1.98. The van der Waals surface area contributed by atoms with E-state index >= 15 is 0 Å². The number of rotatable bonds is 3. The van der Waals surface area contributed by atoms with Crippen LogP contribution in [0.5, 0.6) is 0 Å². The minimum Gasteiger partial charge on any atom is -0.356 e. The fourth-order valence-electron chi connectivity index (χ4n) is 1.83. The zero-order valence-corrected chi connectivity index (χ0v) is 10.6. The van der Waals surface area contributed by atoms with Gasteiger partial charge in [0, 0.05) is 18.9 Å². The van der Waals surface area contributed by atoms with Gasteiger partial charge in [-0.2, -0.15) is 13.2 Å². The van der Waals surface area contributed by atoms with Gasteiger partial charge in [-0.25, -0.2) is 4.98 Å². The molecule has 0 radical (unpaired) electrons. The third kappa shape index (κ3) is 2.72. The van der Waals surface area contributed by atoms with Gasteiger partial charge in [0.05, 0.1) is 11.3 Å². The molecule has 0 aliphatic carbocycles. The molecule has 2 aromatic rings. The molecule has 1 N–H and O–H groups in total. The van der Waals surface area contributed by atoms with Gasteiger partial charge in [-0.1, -0.05) is 6.07 Å². The molecule has 0 fully saturated rings. The van der Waals surface area contributed by atoms with Crippen LogP contribution in [-0.2, 0) is 6.18 Å². The maximum Gasteiger partial charge on any atom is 0.416 e. The standard InChI is InChI=1S/C13H14F3N3/c1-3-17-12-18-6-7-19(12)11-8-10(13(14,15)16)5-4-9(11)2/h4-8H,3H2,1-2H3,(H,17,18). The minimum absolute atomic E-state index is 0.475. The van der Waals surface area contributed by atoms with E-state index in [0.29, 0.717) is 18.2 Å². The van der Waals surface area contributed by atoms with Gasteiger partial charge in [-0.3, -0.25) is 4.57 Å². The molecule has 0 bridgehead atoms. The molecular weight excluding hydrogens is 255 g/mol. The second kappa shape index (κ2) is 4.95. The van der Waals surface area contributed by atoms with Crippen LogP contribution >= 0.6 is 0 Å². The molecule has 0 spiro atoms. The first-order chi connectivity index (χ1) is 8.93. The molecule has 0 amide bonds. The molecule has 0 aliphatic heterocycles. The van der Waals surface area contributed by atoms with Crippen LogP contribution in [0.2, 0.25) is 0 Å². The van der Waals surface area contributed by atoms with Crippen molar-refractivity contribution in [2.45, 2.75) is 20.0 Å². The zero-order valence-electron chi connectivity index (χ0n) is 10.6. The van der Waals surface area contributed by atoms with E-state index in [0.717, 1.165) is 17.7 Å². The highest BCUT2D eigenvalue weighted by Crippen LogP contribution is 2.32. The first kappa shape index (κ1) is 13.5. The third-order valence-electron chi connectivity index (χ3n) is 2.77. The van der Waals surface area contributed by atoms with Gasteiger partial charge in [-0.05, 0) is 31.5 Å². The Labute approximate surface area is 109 Å². The van der Waals surface area contributed by atoms with Crippen LogP contribution in [0.3, 0.4) is 0 Å². The smallest absolute Gasteiger partial charge is 0.356 e. The Bertz CT molecular complexity index is 573. The van der Waals surface area contributed by atoms with Crippen molar-refractivity contribution in [1.82, 2.24) is 9.55 Å². The lowest BCUT2D eigenvalue weighted by Crippen LogP contribution is -2.09. The highest BCUT2D eigenvalue weighted by Gasteiger charge is 2.31. The van der Waals surface area contributed by atoms with Crippen molar-refractivity contribution in [3.8, 4) is 5.69 Å². The summed E-state index contributed by atoms with van der Waals surface area (Å²) in [6.07, 6.45) is -1.15. The van der Waals surface area contributed by atoms with Gasteiger partial charge >= 0.3 is 6.18 Å². The second-order valence-corrected chi connectivity index (χ2v) is 4.15. The first-order valence-electron chi connectivity index (χ1n) is 5.89. The summed E-state index contributed by atoms with van der Waals surface area (Å²) in [5.74, 6) is 0.532. The van der Waals surface area contributed by atoms with E-state index in [1.165, 1.54) is 6.07 Å².